The molecule has 0 fully saturated rings. The molecule has 0 radical (unpaired) electrons. The van der Waals surface area contributed by atoms with E-state index in [-0.39, 0.29) is 5.69 Å². The molecule has 2 aromatic rings. The van der Waals surface area contributed by atoms with Crippen LogP contribution in [0.4, 0.5) is 23.7 Å². The quantitative estimate of drug-likeness (QED) is 0.838. The first-order valence-corrected chi connectivity index (χ1v) is 6.88. The fourth-order valence-electron chi connectivity index (χ4n) is 1.78. The first kappa shape index (κ1) is 17.7. The van der Waals surface area contributed by atoms with Gasteiger partial charge in [-0.05, 0) is 20.8 Å². The van der Waals surface area contributed by atoms with Gasteiger partial charge in [0.1, 0.15) is 17.6 Å². The van der Waals surface area contributed by atoms with Gasteiger partial charge in [-0.25, -0.2) is 19.4 Å². The Balaban J connectivity index is 2.45. The van der Waals surface area contributed by atoms with Crippen LogP contribution in [-0.4, -0.2) is 38.5 Å². The van der Waals surface area contributed by atoms with Gasteiger partial charge in [0, 0.05) is 7.05 Å². The van der Waals surface area contributed by atoms with Gasteiger partial charge in [-0.2, -0.15) is 18.3 Å². The van der Waals surface area contributed by atoms with Gasteiger partial charge in [0.2, 0.25) is 0 Å². The second kappa shape index (κ2) is 6.10. The fourth-order valence-corrected chi connectivity index (χ4v) is 1.78. The van der Waals surface area contributed by atoms with Crippen LogP contribution >= 0.6 is 0 Å². The van der Waals surface area contributed by atoms with Gasteiger partial charge in [-0.15, -0.1) is 0 Å². The van der Waals surface area contributed by atoms with Crippen molar-refractivity contribution in [2.24, 2.45) is 0 Å². The molecule has 0 saturated heterocycles. The molecule has 2 heterocycles. The Hall–Kier alpha value is -2.65. The van der Waals surface area contributed by atoms with Crippen LogP contribution in [-0.2, 0) is 10.9 Å². The molecule has 0 saturated carbocycles. The summed E-state index contributed by atoms with van der Waals surface area (Å²) in [6, 6.07) is 0. The van der Waals surface area contributed by atoms with E-state index in [1.165, 1.54) is 25.8 Å². The molecular formula is C14H16F3N5O2. The maximum Gasteiger partial charge on any atom is 0.437 e. The van der Waals surface area contributed by atoms with Gasteiger partial charge in [0.05, 0.1) is 24.3 Å². The average molecular weight is 343 g/mol. The first-order valence-electron chi connectivity index (χ1n) is 6.88. The van der Waals surface area contributed by atoms with Crippen molar-refractivity contribution >= 4 is 11.8 Å². The molecule has 0 N–H and O–H groups in total. The number of carbonyl (C=O) groups is 1. The van der Waals surface area contributed by atoms with Gasteiger partial charge in [-0.3, -0.25) is 4.90 Å². The molecule has 0 aliphatic carbocycles. The Bertz CT molecular complexity index is 722. The summed E-state index contributed by atoms with van der Waals surface area (Å²) in [6.45, 7) is 4.86. The monoisotopic (exact) mass is 343 g/mol. The third-order valence-electron chi connectivity index (χ3n) is 2.80. The SMILES string of the molecule is CN(C(=O)OC(C)(C)C)c1cn(-c2cncnc2)nc1C(F)(F)F. The minimum atomic E-state index is -4.74. The first-order chi connectivity index (χ1) is 11.0. The van der Waals surface area contributed by atoms with Crippen LogP contribution in [0, 0.1) is 0 Å². The van der Waals surface area contributed by atoms with Crippen molar-refractivity contribution in [3.8, 4) is 5.69 Å². The molecular weight excluding hydrogens is 327 g/mol. The van der Waals surface area contributed by atoms with Gasteiger partial charge in [-0.1, -0.05) is 0 Å². The van der Waals surface area contributed by atoms with Gasteiger partial charge < -0.3 is 4.74 Å². The molecule has 0 bridgehead atoms. The topological polar surface area (TPSA) is 73.1 Å². The highest BCUT2D eigenvalue weighted by Gasteiger charge is 2.40. The van der Waals surface area contributed by atoms with Crippen LogP contribution in [0.5, 0.6) is 0 Å². The van der Waals surface area contributed by atoms with Crippen molar-refractivity contribution in [3.05, 3.63) is 30.6 Å². The molecule has 0 unspecified atom stereocenters. The predicted molar refractivity (Wildman–Crippen MR) is 78.8 cm³/mol. The van der Waals surface area contributed by atoms with E-state index in [1.54, 1.807) is 20.8 Å². The van der Waals surface area contributed by atoms with E-state index in [9.17, 15) is 18.0 Å². The summed E-state index contributed by atoms with van der Waals surface area (Å²) in [7, 11) is 1.19. The van der Waals surface area contributed by atoms with E-state index in [0.29, 0.717) is 0 Å². The van der Waals surface area contributed by atoms with E-state index in [2.05, 4.69) is 15.1 Å². The summed E-state index contributed by atoms with van der Waals surface area (Å²) in [6.07, 6.45) is -0.741. The summed E-state index contributed by atoms with van der Waals surface area (Å²) in [4.78, 5) is 20.3. The molecule has 24 heavy (non-hydrogen) atoms. The summed E-state index contributed by atoms with van der Waals surface area (Å²) in [5.74, 6) is 0. The molecule has 0 atom stereocenters. The number of anilines is 1. The Morgan fingerprint density at radius 2 is 1.79 bits per heavy atom. The van der Waals surface area contributed by atoms with Crippen molar-refractivity contribution in [2.45, 2.75) is 32.5 Å². The average Bonchev–Trinajstić information content (AvgIpc) is 2.90. The lowest BCUT2D eigenvalue weighted by Gasteiger charge is -2.24. The molecule has 0 aromatic carbocycles. The van der Waals surface area contributed by atoms with Crippen LogP contribution in [0.15, 0.2) is 24.9 Å². The zero-order valence-electron chi connectivity index (χ0n) is 13.5. The number of aromatic nitrogens is 4. The second-order valence-corrected chi connectivity index (χ2v) is 5.94. The van der Waals surface area contributed by atoms with Crippen molar-refractivity contribution in [1.82, 2.24) is 19.7 Å². The second-order valence-electron chi connectivity index (χ2n) is 5.94. The third-order valence-corrected chi connectivity index (χ3v) is 2.80. The van der Waals surface area contributed by atoms with E-state index < -0.39 is 29.3 Å². The van der Waals surface area contributed by atoms with Crippen molar-refractivity contribution in [2.75, 3.05) is 11.9 Å². The smallest absolute Gasteiger partial charge is 0.437 e. The molecule has 130 valence electrons. The lowest BCUT2D eigenvalue weighted by molar-refractivity contribution is -0.140. The highest BCUT2D eigenvalue weighted by Crippen LogP contribution is 2.36. The standard InChI is InChI=1S/C14H16F3N5O2/c1-13(2,3)24-12(23)21(4)10-7-22(9-5-18-8-19-6-9)20-11(10)14(15,16)17/h5-8H,1-4H3. The van der Waals surface area contributed by atoms with Gasteiger partial charge in [0.25, 0.3) is 0 Å². The zero-order valence-corrected chi connectivity index (χ0v) is 13.5. The minimum Gasteiger partial charge on any atom is -0.443 e. The summed E-state index contributed by atoms with van der Waals surface area (Å²) in [5, 5.41) is 3.51. The van der Waals surface area contributed by atoms with Crippen LogP contribution in [0.25, 0.3) is 5.69 Å². The molecule has 7 nitrogen and oxygen atoms in total. The number of alkyl halides is 3. The maximum absolute atomic E-state index is 13.3. The molecule has 0 aliphatic rings. The van der Waals surface area contributed by atoms with Crippen molar-refractivity contribution in [1.29, 1.82) is 0 Å². The minimum absolute atomic E-state index is 0.229. The molecule has 10 heteroatoms. The van der Waals surface area contributed by atoms with Crippen molar-refractivity contribution in [3.63, 3.8) is 0 Å². The molecule has 1 amide bonds. The highest BCUT2D eigenvalue weighted by atomic mass is 19.4. The predicted octanol–water partition coefficient (Wildman–Crippen LogP) is 3.05. The third kappa shape index (κ3) is 4.00. The highest BCUT2D eigenvalue weighted by molar-refractivity contribution is 5.88. The molecule has 2 aromatic heterocycles. The molecule has 2 rings (SSSR count). The Morgan fingerprint density at radius 3 is 2.29 bits per heavy atom. The van der Waals surface area contributed by atoms with Crippen LogP contribution < -0.4 is 4.90 Å². The van der Waals surface area contributed by atoms with E-state index in [0.717, 1.165) is 15.8 Å². The summed E-state index contributed by atoms with van der Waals surface area (Å²) < 4.78 is 45.8. The van der Waals surface area contributed by atoms with Gasteiger partial charge >= 0.3 is 12.3 Å². The van der Waals surface area contributed by atoms with E-state index in [4.69, 9.17) is 4.74 Å². The number of nitrogens with zero attached hydrogens (tertiary/aromatic N) is 5. The molecule has 0 aliphatic heterocycles. The van der Waals surface area contributed by atoms with Gasteiger partial charge in [0.15, 0.2) is 5.69 Å². The summed E-state index contributed by atoms with van der Waals surface area (Å²) >= 11 is 0. The zero-order chi connectivity index (χ0) is 18.1. The lowest BCUT2D eigenvalue weighted by Crippen LogP contribution is -2.34. The number of amides is 1. The number of hydrogen-bond donors (Lipinski definition) is 0. The summed E-state index contributed by atoms with van der Waals surface area (Å²) in [5.41, 5.74) is -2.25. The largest absolute Gasteiger partial charge is 0.443 e. The number of halogens is 3. The van der Waals surface area contributed by atoms with Crippen LogP contribution in [0.2, 0.25) is 0 Å². The normalized spacial score (nSPS) is 12.1. The van der Waals surface area contributed by atoms with E-state index in [1.807, 2.05) is 0 Å². The van der Waals surface area contributed by atoms with Crippen LogP contribution in [0.3, 0.4) is 0 Å². The van der Waals surface area contributed by atoms with E-state index >= 15 is 0 Å². The molecule has 0 spiro atoms. The Kier molecular flexibility index (Phi) is 4.50. The van der Waals surface area contributed by atoms with Crippen molar-refractivity contribution < 1.29 is 22.7 Å². The lowest BCUT2D eigenvalue weighted by atomic mass is 10.2. The Morgan fingerprint density at radius 1 is 1.21 bits per heavy atom. The number of rotatable bonds is 2. The number of carbonyl (C=O) groups excluding carboxylic acids is 1. The fraction of sp³-hybridized carbons (Fsp3) is 0.429. The Labute approximate surface area is 136 Å². The van der Waals surface area contributed by atoms with Crippen LogP contribution in [0.1, 0.15) is 26.5 Å². The number of ether oxygens (including phenoxy) is 1. The number of hydrogen-bond acceptors (Lipinski definition) is 5. The maximum atomic E-state index is 13.3.